The summed E-state index contributed by atoms with van der Waals surface area (Å²) in [5.41, 5.74) is 3.47. The van der Waals surface area contributed by atoms with Crippen molar-refractivity contribution in [3.8, 4) is 0 Å². The summed E-state index contributed by atoms with van der Waals surface area (Å²) in [5, 5.41) is 19.9. The molecule has 30 heavy (non-hydrogen) atoms. The highest BCUT2D eigenvalue weighted by atomic mass is 35.5. The lowest BCUT2D eigenvalue weighted by Crippen LogP contribution is -2.22. The predicted molar refractivity (Wildman–Crippen MR) is 111 cm³/mol. The highest BCUT2D eigenvalue weighted by molar-refractivity contribution is 6.33. The van der Waals surface area contributed by atoms with Crippen molar-refractivity contribution in [1.82, 2.24) is 20.2 Å². The number of amides is 1. The number of aryl methyl sites for hydroxylation is 1. The van der Waals surface area contributed by atoms with Gasteiger partial charge in [-0.15, -0.1) is 0 Å². The first-order valence-electron chi connectivity index (χ1n) is 8.95. The van der Waals surface area contributed by atoms with E-state index in [1.165, 1.54) is 31.5 Å². The molecule has 0 aliphatic carbocycles. The number of hydroxylamine groups is 1. The van der Waals surface area contributed by atoms with Gasteiger partial charge in [-0.05, 0) is 25.1 Å². The Balaban J connectivity index is 1.91. The van der Waals surface area contributed by atoms with Crippen molar-refractivity contribution >= 4 is 40.5 Å². The number of nitrogens with zero attached hydrogens (tertiary/aromatic N) is 3. The molecule has 1 aromatic carbocycles. The molecule has 3 aromatic rings. The first-order chi connectivity index (χ1) is 14.4. The normalized spacial score (nSPS) is 10.7. The van der Waals surface area contributed by atoms with Crippen molar-refractivity contribution in [3.63, 3.8) is 0 Å². The maximum atomic E-state index is 13.8. The van der Waals surface area contributed by atoms with Crippen molar-refractivity contribution in [1.29, 1.82) is 0 Å². The fourth-order valence-corrected chi connectivity index (χ4v) is 2.88. The molecule has 0 saturated carbocycles. The van der Waals surface area contributed by atoms with E-state index in [0.29, 0.717) is 29.6 Å². The van der Waals surface area contributed by atoms with Crippen LogP contribution in [0.5, 0.6) is 0 Å². The van der Waals surface area contributed by atoms with Gasteiger partial charge in [0.2, 0.25) is 0 Å². The smallest absolute Gasteiger partial charge is 0.276 e. The number of anilines is 4. The van der Waals surface area contributed by atoms with Crippen LogP contribution in [0, 0.1) is 5.82 Å². The van der Waals surface area contributed by atoms with E-state index in [1.807, 2.05) is 6.92 Å². The first kappa shape index (κ1) is 21.5. The summed E-state index contributed by atoms with van der Waals surface area (Å²) in [6.45, 7) is 2.31. The van der Waals surface area contributed by atoms with Gasteiger partial charge in [0.25, 0.3) is 5.91 Å². The number of benzene rings is 1. The number of aliphatic hydroxyl groups excluding tert-OH is 1. The summed E-state index contributed by atoms with van der Waals surface area (Å²) in [5.74, 6) is -0.0150. The Kier molecular flexibility index (Phi) is 6.83. The summed E-state index contributed by atoms with van der Waals surface area (Å²) in [4.78, 5) is 21.0. The lowest BCUT2D eigenvalue weighted by molar-refractivity contribution is 0.0538. The van der Waals surface area contributed by atoms with Crippen LogP contribution in [0.1, 0.15) is 23.0 Å². The zero-order chi connectivity index (χ0) is 21.7. The molecule has 0 unspecified atom stereocenters. The van der Waals surface area contributed by atoms with E-state index in [-0.39, 0.29) is 22.9 Å². The van der Waals surface area contributed by atoms with Crippen molar-refractivity contribution in [3.05, 3.63) is 58.6 Å². The Bertz CT molecular complexity index is 1060. The Morgan fingerprint density at radius 2 is 2.07 bits per heavy atom. The Morgan fingerprint density at radius 3 is 2.77 bits per heavy atom. The molecular weight excluding hydrogens is 415 g/mol. The molecule has 0 bridgehead atoms. The van der Waals surface area contributed by atoms with Crippen molar-refractivity contribution in [2.45, 2.75) is 20.1 Å². The molecule has 11 heteroatoms. The molecule has 158 valence electrons. The van der Waals surface area contributed by atoms with Crippen LogP contribution in [0.3, 0.4) is 0 Å². The van der Waals surface area contributed by atoms with Crippen LogP contribution in [0.2, 0.25) is 5.02 Å². The molecule has 2 heterocycles. The van der Waals surface area contributed by atoms with Gasteiger partial charge in [0, 0.05) is 18.7 Å². The highest BCUT2D eigenvalue weighted by Crippen LogP contribution is 2.30. The van der Waals surface area contributed by atoms with Crippen molar-refractivity contribution in [2.75, 3.05) is 17.7 Å². The minimum Gasteiger partial charge on any atom is -0.390 e. The highest BCUT2D eigenvalue weighted by Gasteiger charge is 2.15. The molecule has 0 spiro atoms. The van der Waals surface area contributed by atoms with E-state index >= 15 is 0 Å². The summed E-state index contributed by atoms with van der Waals surface area (Å²) in [6.07, 6.45) is 1.42. The van der Waals surface area contributed by atoms with Gasteiger partial charge in [-0.25, -0.2) is 19.5 Å². The third-order valence-electron chi connectivity index (χ3n) is 4.09. The number of hydrogen-bond donors (Lipinski definition) is 4. The van der Waals surface area contributed by atoms with Crippen LogP contribution < -0.4 is 16.1 Å². The van der Waals surface area contributed by atoms with E-state index in [0.717, 1.165) is 0 Å². The Morgan fingerprint density at radius 1 is 1.27 bits per heavy atom. The lowest BCUT2D eigenvalue weighted by atomic mass is 10.1. The Labute approximate surface area is 176 Å². The van der Waals surface area contributed by atoms with Crippen molar-refractivity contribution in [2.24, 2.45) is 0 Å². The van der Waals surface area contributed by atoms with Gasteiger partial charge in [0.15, 0.2) is 0 Å². The van der Waals surface area contributed by atoms with Crippen LogP contribution in [-0.4, -0.2) is 32.9 Å². The molecular formula is C19H20ClFN6O3. The second kappa shape index (κ2) is 9.53. The molecule has 1 amide bonds. The first-order valence-corrected chi connectivity index (χ1v) is 9.33. The number of hydrogen-bond acceptors (Lipinski definition) is 7. The summed E-state index contributed by atoms with van der Waals surface area (Å²) in [7, 11) is 1.30. The fraction of sp³-hybridized carbons (Fsp3) is 0.211. The topological polar surface area (TPSA) is 113 Å². The van der Waals surface area contributed by atoms with E-state index in [4.69, 9.17) is 11.6 Å². The quantitative estimate of drug-likeness (QED) is 0.402. The minimum atomic E-state index is -0.549. The van der Waals surface area contributed by atoms with Crippen LogP contribution in [0.15, 0.2) is 36.5 Å². The largest absolute Gasteiger partial charge is 0.390 e. The Hall–Kier alpha value is -3.21. The predicted octanol–water partition coefficient (Wildman–Crippen LogP) is 3.36. The number of nitrogens with one attached hydrogen (secondary N) is 3. The molecule has 3 rings (SSSR count). The molecule has 9 nitrogen and oxygen atoms in total. The van der Waals surface area contributed by atoms with E-state index in [1.54, 1.807) is 16.8 Å². The number of halogens is 2. The number of aromatic nitrogens is 3. The second-order valence-electron chi connectivity index (χ2n) is 6.12. The molecule has 0 fully saturated rings. The molecule has 0 aliphatic heterocycles. The lowest BCUT2D eigenvalue weighted by Gasteiger charge is -2.14. The number of rotatable bonds is 8. The average molecular weight is 435 g/mol. The maximum Gasteiger partial charge on any atom is 0.276 e. The zero-order valence-corrected chi connectivity index (χ0v) is 17.0. The fourth-order valence-electron chi connectivity index (χ4n) is 2.73. The molecule has 4 N–H and O–H groups in total. The number of aliphatic hydroxyl groups is 1. The van der Waals surface area contributed by atoms with Gasteiger partial charge >= 0.3 is 0 Å². The molecule has 0 saturated heterocycles. The standard InChI is InChI=1S/C19H20ClFN6O3/c1-3-27-18(7-12(10-28)25-27)24-17-8-16(14(20)9-22-17)23-15-6-11(21)4-5-13(15)19(29)26-30-2/h4-9,28H,3,10H2,1-2H3,(H,26,29)(H2,22,23,24). The molecule has 2 aromatic heterocycles. The zero-order valence-electron chi connectivity index (χ0n) is 16.2. The molecule has 0 aliphatic rings. The van der Waals surface area contributed by atoms with Gasteiger partial charge in [-0.3, -0.25) is 9.63 Å². The van der Waals surface area contributed by atoms with Crippen LogP contribution >= 0.6 is 11.6 Å². The van der Waals surface area contributed by atoms with Gasteiger partial charge in [-0.2, -0.15) is 5.10 Å². The van der Waals surface area contributed by atoms with Gasteiger partial charge in [-0.1, -0.05) is 11.6 Å². The van der Waals surface area contributed by atoms with E-state index in [2.05, 4.69) is 31.0 Å². The van der Waals surface area contributed by atoms with Crippen molar-refractivity contribution < 1.29 is 19.1 Å². The second-order valence-corrected chi connectivity index (χ2v) is 6.53. The maximum absolute atomic E-state index is 13.8. The summed E-state index contributed by atoms with van der Waals surface area (Å²) in [6, 6.07) is 6.98. The van der Waals surface area contributed by atoms with E-state index in [9.17, 15) is 14.3 Å². The van der Waals surface area contributed by atoms with Gasteiger partial charge in [0.05, 0.1) is 47.6 Å². The van der Waals surface area contributed by atoms with Crippen LogP contribution in [-0.2, 0) is 18.0 Å². The molecule has 0 radical (unpaired) electrons. The third-order valence-corrected chi connectivity index (χ3v) is 4.40. The van der Waals surface area contributed by atoms with Gasteiger partial charge < -0.3 is 15.7 Å². The monoisotopic (exact) mass is 434 g/mol. The average Bonchev–Trinajstić information content (AvgIpc) is 3.12. The van der Waals surface area contributed by atoms with E-state index < -0.39 is 11.7 Å². The number of carbonyl (C=O) groups is 1. The third kappa shape index (κ3) is 4.85. The summed E-state index contributed by atoms with van der Waals surface area (Å²) >= 11 is 6.24. The SMILES string of the molecule is CCn1nc(CO)cc1Nc1cc(Nc2cc(F)ccc2C(=O)NOC)c(Cl)cn1. The van der Waals surface area contributed by atoms with Gasteiger partial charge in [0.1, 0.15) is 17.5 Å². The number of carbonyl (C=O) groups excluding carboxylic acids is 1. The van der Waals surface area contributed by atoms with Crippen LogP contribution in [0.4, 0.5) is 27.4 Å². The number of pyridine rings is 1. The minimum absolute atomic E-state index is 0.164. The molecule has 0 atom stereocenters. The summed E-state index contributed by atoms with van der Waals surface area (Å²) < 4.78 is 15.5. The van der Waals surface area contributed by atoms with Crippen LogP contribution in [0.25, 0.3) is 0 Å².